The molecule has 2 amide bonds. The molecule has 1 aliphatic heterocycles. The Morgan fingerprint density at radius 1 is 1.38 bits per heavy atom. The number of aliphatic hydroxyl groups is 1. The van der Waals surface area contributed by atoms with Crippen LogP contribution in [0.3, 0.4) is 0 Å². The highest BCUT2D eigenvalue weighted by atomic mass is 16.3. The lowest BCUT2D eigenvalue weighted by Gasteiger charge is -2.22. The van der Waals surface area contributed by atoms with Crippen molar-refractivity contribution in [2.24, 2.45) is 5.41 Å². The number of likely N-dealkylation sites (tertiary alicyclic amines) is 1. The molecule has 16 heavy (non-hydrogen) atoms. The lowest BCUT2D eigenvalue weighted by molar-refractivity contribution is -0.143. The number of β-amino-alcohol motifs (C(OH)–C–C–N with tert-alkyl or cyclic N) is 1. The molecule has 2 fully saturated rings. The van der Waals surface area contributed by atoms with Crippen molar-refractivity contribution in [3.8, 4) is 0 Å². The molecule has 0 aromatic heterocycles. The van der Waals surface area contributed by atoms with Gasteiger partial charge in [0.15, 0.2) is 0 Å². The molecule has 1 unspecified atom stereocenters. The van der Waals surface area contributed by atoms with E-state index in [2.05, 4.69) is 0 Å². The third-order valence-corrected chi connectivity index (χ3v) is 3.91. The van der Waals surface area contributed by atoms with Gasteiger partial charge in [0, 0.05) is 6.42 Å². The molecular formula is C12H19NO3. The number of hydrogen-bond donors (Lipinski definition) is 1. The summed E-state index contributed by atoms with van der Waals surface area (Å²) in [7, 11) is 0. The first-order chi connectivity index (χ1) is 7.59. The Morgan fingerprint density at radius 2 is 2.00 bits per heavy atom. The predicted molar refractivity (Wildman–Crippen MR) is 58.5 cm³/mol. The van der Waals surface area contributed by atoms with Gasteiger partial charge in [-0.1, -0.05) is 19.8 Å². The molecule has 90 valence electrons. The molecule has 1 N–H and O–H groups in total. The van der Waals surface area contributed by atoms with Crippen LogP contribution in [0.2, 0.25) is 0 Å². The van der Waals surface area contributed by atoms with E-state index in [1.54, 1.807) is 0 Å². The summed E-state index contributed by atoms with van der Waals surface area (Å²) in [4.78, 5) is 25.3. The van der Waals surface area contributed by atoms with E-state index in [0.717, 1.165) is 25.7 Å². The third kappa shape index (κ3) is 1.75. The zero-order valence-electron chi connectivity index (χ0n) is 9.74. The normalized spacial score (nSPS) is 25.8. The maximum atomic E-state index is 12.2. The van der Waals surface area contributed by atoms with Gasteiger partial charge in [0.05, 0.1) is 18.1 Å². The zero-order valence-corrected chi connectivity index (χ0v) is 9.74. The SMILES string of the molecule is CCC(O)CN1C(=O)CC2(CCCC2)C1=O. The summed E-state index contributed by atoms with van der Waals surface area (Å²) in [6.07, 6.45) is 4.13. The molecule has 0 radical (unpaired) electrons. The van der Waals surface area contributed by atoms with Crippen LogP contribution in [-0.4, -0.2) is 34.5 Å². The van der Waals surface area contributed by atoms with E-state index in [0.29, 0.717) is 12.8 Å². The van der Waals surface area contributed by atoms with Crippen LogP contribution in [0.15, 0.2) is 0 Å². The standard InChI is InChI=1S/C12H19NO3/c1-2-9(14)8-13-10(15)7-12(11(13)16)5-3-4-6-12/h9,14H,2-8H2,1H3. The molecule has 1 atom stereocenters. The average molecular weight is 225 g/mol. The largest absolute Gasteiger partial charge is 0.391 e. The van der Waals surface area contributed by atoms with E-state index < -0.39 is 11.5 Å². The highest BCUT2D eigenvalue weighted by molar-refractivity contribution is 6.06. The van der Waals surface area contributed by atoms with E-state index in [-0.39, 0.29) is 18.4 Å². The Bertz CT molecular complexity index is 307. The molecule has 1 spiro atoms. The monoisotopic (exact) mass is 225 g/mol. The van der Waals surface area contributed by atoms with Gasteiger partial charge < -0.3 is 5.11 Å². The first-order valence-electron chi connectivity index (χ1n) is 6.12. The van der Waals surface area contributed by atoms with Gasteiger partial charge in [0.1, 0.15) is 0 Å². The summed E-state index contributed by atoms with van der Waals surface area (Å²) >= 11 is 0. The van der Waals surface area contributed by atoms with Gasteiger partial charge in [-0.05, 0) is 19.3 Å². The van der Waals surface area contributed by atoms with Crippen LogP contribution in [0.1, 0.15) is 45.4 Å². The minimum Gasteiger partial charge on any atom is -0.391 e. The second-order valence-corrected chi connectivity index (χ2v) is 5.04. The summed E-state index contributed by atoms with van der Waals surface area (Å²) in [5.74, 6) is -0.137. The van der Waals surface area contributed by atoms with Gasteiger partial charge in [0.2, 0.25) is 11.8 Å². The molecule has 0 aromatic rings. The molecule has 1 heterocycles. The second-order valence-electron chi connectivity index (χ2n) is 5.04. The molecular weight excluding hydrogens is 206 g/mol. The first-order valence-corrected chi connectivity index (χ1v) is 6.12. The van der Waals surface area contributed by atoms with E-state index in [1.807, 2.05) is 6.92 Å². The van der Waals surface area contributed by atoms with Crippen LogP contribution in [0, 0.1) is 5.41 Å². The molecule has 4 heteroatoms. The van der Waals surface area contributed by atoms with E-state index in [9.17, 15) is 14.7 Å². The summed E-state index contributed by atoms with van der Waals surface area (Å²) in [6.45, 7) is 2.02. The molecule has 1 saturated carbocycles. The fraction of sp³-hybridized carbons (Fsp3) is 0.833. The minimum atomic E-state index is -0.579. The summed E-state index contributed by atoms with van der Waals surface area (Å²) in [5, 5.41) is 9.54. The third-order valence-electron chi connectivity index (χ3n) is 3.91. The number of nitrogens with zero attached hydrogens (tertiary/aromatic N) is 1. The van der Waals surface area contributed by atoms with Crippen molar-refractivity contribution in [1.82, 2.24) is 4.90 Å². The minimum absolute atomic E-state index is 0.0394. The summed E-state index contributed by atoms with van der Waals surface area (Å²) in [5.41, 5.74) is -0.398. The smallest absolute Gasteiger partial charge is 0.235 e. The summed E-state index contributed by atoms with van der Waals surface area (Å²) < 4.78 is 0. The molecule has 1 saturated heterocycles. The van der Waals surface area contributed by atoms with Crippen molar-refractivity contribution in [3.63, 3.8) is 0 Å². The lowest BCUT2D eigenvalue weighted by atomic mass is 9.84. The van der Waals surface area contributed by atoms with Crippen molar-refractivity contribution in [2.45, 2.75) is 51.6 Å². The molecule has 2 aliphatic rings. The quantitative estimate of drug-likeness (QED) is 0.731. The molecule has 2 rings (SSSR count). The Kier molecular flexibility index (Phi) is 3.02. The number of rotatable bonds is 3. The second kappa shape index (κ2) is 4.17. The van der Waals surface area contributed by atoms with Crippen molar-refractivity contribution in [1.29, 1.82) is 0 Å². The molecule has 1 aliphatic carbocycles. The molecule has 0 aromatic carbocycles. The van der Waals surface area contributed by atoms with Gasteiger partial charge in [-0.15, -0.1) is 0 Å². The fourth-order valence-corrected chi connectivity index (χ4v) is 2.83. The summed E-state index contributed by atoms with van der Waals surface area (Å²) in [6, 6.07) is 0. The van der Waals surface area contributed by atoms with Crippen molar-refractivity contribution >= 4 is 11.8 Å². The van der Waals surface area contributed by atoms with E-state index >= 15 is 0 Å². The van der Waals surface area contributed by atoms with Crippen LogP contribution in [0.5, 0.6) is 0 Å². The van der Waals surface area contributed by atoms with Crippen LogP contribution < -0.4 is 0 Å². The van der Waals surface area contributed by atoms with Gasteiger partial charge in [-0.2, -0.15) is 0 Å². The average Bonchev–Trinajstić information content (AvgIpc) is 2.81. The molecule has 0 bridgehead atoms. The predicted octanol–water partition coefficient (Wildman–Crippen LogP) is 1.08. The lowest BCUT2D eigenvalue weighted by Crippen LogP contribution is -2.39. The van der Waals surface area contributed by atoms with Crippen molar-refractivity contribution < 1.29 is 14.7 Å². The van der Waals surface area contributed by atoms with Gasteiger partial charge >= 0.3 is 0 Å². The van der Waals surface area contributed by atoms with Crippen LogP contribution in [0.4, 0.5) is 0 Å². The highest BCUT2D eigenvalue weighted by Crippen LogP contribution is 2.46. The van der Waals surface area contributed by atoms with Crippen molar-refractivity contribution in [2.75, 3.05) is 6.54 Å². The maximum absolute atomic E-state index is 12.2. The van der Waals surface area contributed by atoms with Gasteiger partial charge in [-0.3, -0.25) is 14.5 Å². The Balaban J connectivity index is 2.10. The van der Waals surface area contributed by atoms with E-state index in [4.69, 9.17) is 0 Å². The van der Waals surface area contributed by atoms with Crippen LogP contribution in [-0.2, 0) is 9.59 Å². The first kappa shape index (κ1) is 11.6. The Labute approximate surface area is 95.6 Å². The fourth-order valence-electron chi connectivity index (χ4n) is 2.83. The highest BCUT2D eigenvalue weighted by Gasteiger charge is 2.52. The zero-order chi connectivity index (χ0) is 11.8. The van der Waals surface area contributed by atoms with Crippen LogP contribution >= 0.6 is 0 Å². The number of aliphatic hydroxyl groups excluding tert-OH is 1. The maximum Gasteiger partial charge on any atom is 0.235 e. The van der Waals surface area contributed by atoms with Gasteiger partial charge in [0.25, 0.3) is 0 Å². The number of carbonyl (C=O) groups excluding carboxylic acids is 2. The van der Waals surface area contributed by atoms with Crippen LogP contribution in [0.25, 0.3) is 0 Å². The molecule has 4 nitrogen and oxygen atoms in total. The Hall–Kier alpha value is -0.900. The van der Waals surface area contributed by atoms with Gasteiger partial charge in [-0.25, -0.2) is 0 Å². The number of carbonyl (C=O) groups is 2. The number of hydrogen-bond acceptors (Lipinski definition) is 3. The van der Waals surface area contributed by atoms with E-state index in [1.165, 1.54) is 4.90 Å². The number of imide groups is 1. The Morgan fingerprint density at radius 3 is 2.56 bits per heavy atom. The topological polar surface area (TPSA) is 57.6 Å². The van der Waals surface area contributed by atoms with Crippen molar-refractivity contribution in [3.05, 3.63) is 0 Å². The number of amides is 2.